The van der Waals surface area contributed by atoms with Gasteiger partial charge in [0.15, 0.2) is 5.82 Å². The molecule has 5 aliphatic rings. The highest BCUT2D eigenvalue weighted by atomic mass is 35.5. The number of amides is 1. The standard InChI is InChI=1S/C33H39ClF2N6O4/c34-25-14-21(43)13-23-22(25)5-1-2-6-26(44)37-10-9-33(45)8-4-11-41(18-33)30-24-16-38-28(23)27(36)29(24)39-31(40-30)46-19-32-7-3-12-42(32)17-20(35)15-32/h13-14,16,20,43,45H,1-12,15,17-19H2,(H,37,44)/t20-,32+,33-/m1/s1. The maximum atomic E-state index is 16.7. The summed E-state index contributed by atoms with van der Waals surface area (Å²) < 4.78 is 37.4. The monoisotopic (exact) mass is 656 g/mol. The molecule has 3 saturated heterocycles. The van der Waals surface area contributed by atoms with Gasteiger partial charge in [-0.1, -0.05) is 11.6 Å². The number of nitrogens with one attached hydrogen (secondary N) is 1. The van der Waals surface area contributed by atoms with Crippen molar-refractivity contribution in [1.82, 2.24) is 25.2 Å². The lowest BCUT2D eigenvalue weighted by Crippen LogP contribution is -2.50. The van der Waals surface area contributed by atoms with Crippen LogP contribution >= 0.6 is 11.6 Å². The molecular formula is C33H39ClF2N6O4. The van der Waals surface area contributed by atoms with Crippen LogP contribution in [0, 0.1) is 5.82 Å². The number of aromatic nitrogens is 3. The molecule has 0 radical (unpaired) electrons. The summed E-state index contributed by atoms with van der Waals surface area (Å²) in [5.74, 6) is -0.564. The minimum absolute atomic E-state index is 0.00604. The van der Waals surface area contributed by atoms with E-state index in [0.29, 0.717) is 93.3 Å². The molecule has 3 aromatic rings. The van der Waals surface area contributed by atoms with Gasteiger partial charge in [-0.05, 0) is 75.6 Å². The van der Waals surface area contributed by atoms with Crippen molar-refractivity contribution in [2.24, 2.45) is 0 Å². The summed E-state index contributed by atoms with van der Waals surface area (Å²) in [5, 5.41) is 25.6. The van der Waals surface area contributed by atoms with E-state index in [1.54, 1.807) is 0 Å². The molecule has 2 aromatic heterocycles. The number of alkyl halides is 1. The van der Waals surface area contributed by atoms with E-state index in [4.69, 9.17) is 21.3 Å². The largest absolute Gasteiger partial charge is 0.508 e. The molecular weight excluding hydrogens is 618 g/mol. The molecule has 5 aliphatic heterocycles. The van der Waals surface area contributed by atoms with Crippen LogP contribution < -0.4 is 15.0 Å². The first-order valence-electron chi connectivity index (χ1n) is 16.3. The maximum Gasteiger partial charge on any atom is 0.319 e. The summed E-state index contributed by atoms with van der Waals surface area (Å²) in [6.07, 6.45) is 6.18. The number of benzene rings is 1. The lowest BCUT2D eigenvalue weighted by Gasteiger charge is -2.40. The highest BCUT2D eigenvalue weighted by Crippen LogP contribution is 2.42. The Morgan fingerprint density at radius 3 is 2.80 bits per heavy atom. The molecule has 0 saturated carbocycles. The number of halogens is 3. The van der Waals surface area contributed by atoms with Crippen LogP contribution in [0.1, 0.15) is 63.4 Å². The lowest BCUT2D eigenvalue weighted by molar-refractivity contribution is -0.121. The Kier molecular flexibility index (Phi) is 8.39. The molecule has 3 N–H and O–H groups in total. The van der Waals surface area contributed by atoms with E-state index in [-0.39, 0.29) is 47.1 Å². The summed E-state index contributed by atoms with van der Waals surface area (Å²) >= 11 is 6.58. The Balaban J connectivity index is 1.35. The van der Waals surface area contributed by atoms with E-state index >= 15 is 4.39 Å². The predicted octanol–water partition coefficient (Wildman–Crippen LogP) is 4.71. The van der Waals surface area contributed by atoms with Gasteiger partial charge in [0.2, 0.25) is 5.91 Å². The zero-order valence-corrected chi connectivity index (χ0v) is 26.5. The van der Waals surface area contributed by atoms with Crippen molar-refractivity contribution in [3.05, 3.63) is 34.7 Å². The fourth-order valence-corrected chi connectivity index (χ4v) is 8.17. The van der Waals surface area contributed by atoms with Gasteiger partial charge in [0.05, 0.1) is 16.5 Å². The number of fused-ring (bicyclic) bond motifs is 9. The molecule has 6 bridgehead atoms. The van der Waals surface area contributed by atoms with E-state index in [2.05, 4.69) is 20.2 Å². The number of phenols is 1. The van der Waals surface area contributed by atoms with Gasteiger partial charge in [-0.3, -0.25) is 14.7 Å². The average molecular weight is 657 g/mol. The second-order valence-electron chi connectivity index (χ2n) is 13.4. The minimum Gasteiger partial charge on any atom is -0.508 e. The number of hydrogen-bond acceptors (Lipinski definition) is 9. The summed E-state index contributed by atoms with van der Waals surface area (Å²) in [6, 6.07) is 2.82. The summed E-state index contributed by atoms with van der Waals surface area (Å²) in [5.41, 5.74) is -0.632. The van der Waals surface area contributed by atoms with Crippen LogP contribution in [-0.4, -0.2) is 92.6 Å². The van der Waals surface area contributed by atoms with Gasteiger partial charge >= 0.3 is 6.01 Å². The van der Waals surface area contributed by atoms with E-state index in [1.165, 1.54) is 18.3 Å². The van der Waals surface area contributed by atoms with Crippen molar-refractivity contribution in [1.29, 1.82) is 0 Å². The Morgan fingerprint density at radius 1 is 1.11 bits per heavy atom. The van der Waals surface area contributed by atoms with Crippen molar-refractivity contribution >= 4 is 34.2 Å². The molecule has 8 rings (SSSR count). The maximum absolute atomic E-state index is 16.7. The Labute approximate surface area is 271 Å². The molecule has 0 spiro atoms. The molecule has 46 heavy (non-hydrogen) atoms. The third kappa shape index (κ3) is 5.95. The molecule has 10 nitrogen and oxygen atoms in total. The number of carbonyl (C=O) groups is 1. The van der Waals surface area contributed by atoms with Gasteiger partial charge in [-0.15, -0.1) is 0 Å². The van der Waals surface area contributed by atoms with Crippen LogP contribution in [0.3, 0.4) is 0 Å². The Bertz CT molecular complexity index is 1660. The third-order valence-corrected chi connectivity index (χ3v) is 10.5. The van der Waals surface area contributed by atoms with Crippen LogP contribution in [0.15, 0.2) is 18.3 Å². The van der Waals surface area contributed by atoms with Gasteiger partial charge < -0.3 is 25.2 Å². The topological polar surface area (TPSA) is 124 Å². The van der Waals surface area contributed by atoms with E-state index < -0.39 is 23.1 Å². The SMILES string of the molecule is O=C1CCCCc2c(Cl)cc(O)cc2-c2ncc3c(nc(OC[C@@]45CCCN4C[C@H](F)C5)nc3c2F)N2CCC[C@@](O)(CCN1)C2. The third-order valence-electron chi connectivity index (χ3n) is 10.2. The summed E-state index contributed by atoms with van der Waals surface area (Å²) in [7, 11) is 0. The molecule has 0 unspecified atom stereocenters. The number of aromatic hydroxyl groups is 1. The van der Waals surface area contributed by atoms with E-state index in [9.17, 15) is 19.4 Å². The highest BCUT2D eigenvalue weighted by molar-refractivity contribution is 6.32. The Morgan fingerprint density at radius 2 is 1.93 bits per heavy atom. The fraction of sp³-hybridized carbons (Fsp3) is 0.576. The number of rotatable bonds is 3. The first kappa shape index (κ1) is 31.3. The minimum atomic E-state index is -1.10. The number of aliphatic hydroxyl groups is 1. The average Bonchev–Trinajstić information content (AvgIpc) is 3.54. The van der Waals surface area contributed by atoms with Crippen molar-refractivity contribution < 1.29 is 28.5 Å². The highest BCUT2D eigenvalue weighted by Gasteiger charge is 2.49. The van der Waals surface area contributed by atoms with Crippen molar-refractivity contribution in [3.8, 4) is 23.0 Å². The summed E-state index contributed by atoms with van der Waals surface area (Å²) in [6.45, 7) is 2.44. The smallest absolute Gasteiger partial charge is 0.319 e. The first-order valence-corrected chi connectivity index (χ1v) is 16.6. The van der Waals surface area contributed by atoms with Crippen molar-refractivity contribution in [2.45, 2.75) is 81.5 Å². The normalized spacial score (nSPS) is 27.3. The molecule has 13 heteroatoms. The number of ether oxygens (including phenoxy) is 1. The van der Waals surface area contributed by atoms with Gasteiger partial charge in [-0.25, -0.2) is 8.78 Å². The second kappa shape index (κ2) is 12.4. The van der Waals surface area contributed by atoms with Crippen LogP contribution in [0.4, 0.5) is 14.6 Å². The van der Waals surface area contributed by atoms with Crippen LogP contribution in [0.2, 0.25) is 5.02 Å². The van der Waals surface area contributed by atoms with Crippen LogP contribution in [0.25, 0.3) is 22.2 Å². The molecule has 0 aliphatic carbocycles. The number of piperidine rings is 1. The first-order chi connectivity index (χ1) is 22.1. The molecule has 246 valence electrons. The fourth-order valence-electron chi connectivity index (χ4n) is 7.86. The summed E-state index contributed by atoms with van der Waals surface area (Å²) in [4.78, 5) is 30.4. The Hall–Kier alpha value is -3.35. The molecule has 1 amide bonds. The lowest BCUT2D eigenvalue weighted by atomic mass is 9.89. The second-order valence-corrected chi connectivity index (χ2v) is 13.8. The van der Waals surface area contributed by atoms with Crippen LogP contribution in [-0.2, 0) is 11.2 Å². The van der Waals surface area contributed by atoms with Gasteiger partial charge in [0.1, 0.15) is 35.6 Å². The number of nitrogens with zero attached hydrogens (tertiary/aromatic N) is 5. The molecule has 3 fully saturated rings. The zero-order valence-electron chi connectivity index (χ0n) is 25.7. The zero-order chi connectivity index (χ0) is 32.1. The van der Waals surface area contributed by atoms with E-state index in [1.807, 2.05) is 4.90 Å². The van der Waals surface area contributed by atoms with E-state index in [0.717, 1.165) is 19.4 Å². The van der Waals surface area contributed by atoms with Gasteiger partial charge in [0.25, 0.3) is 0 Å². The number of pyridine rings is 1. The number of phenolic OH excluding ortho intramolecular Hbond substituents is 1. The van der Waals surface area contributed by atoms with Gasteiger partial charge in [0, 0.05) is 55.8 Å². The number of hydrogen-bond donors (Lipinski definition) is 3. The molecule has 7 heterocycles. The van der Waals surface area contributed by atoms with Crippen LogP contribution in [0.5, 0.6) is 11.8 Å². The predicted molar refractivity (Wildman–Crippen MR) is 170 cm³/mol. The number of anilines is 1. The number of carbonyl (C=O) groups excluding carboxylic acids is 1. The van der Waals surface area contributed by atoms with Crippen molar-refractivity contribution in [3.63, 3.8) is 0 Å². The molecule has 1 aromatic carbocycles. The van der Waals surface area contributed by atoms with Crippen molar-refractivity contribution in [2.75, 3.05) is 44.2 Å². The van der Waals surface area contributed by atoms with Gasteiger partial charge in [-0.2, -0.15) is 9.97 Å². The quantitative estimate of drug-likeness (QED) is 0.368. The molecule has 3 atom stereocenters.